The van der Waals surface area contributed by atoms with Crippen molar-refractivity contribution in [1.82, 2.24) is 10.6 Å². The van der Waals surface area contributed by atoms with Gasteiger partial charge >= 0.3 is 0 Å². The van der Waals surface area contributed by atoms with E-state index in [9.17, 15) is 14.4 Å². The minimum absolute atomic E-state index is 0.0857. The lowest BCUT2D eigenvalue weighted by Crippen LogP contribution is -2.35. The minimum Gasteiger partial charge on any atom is -0.355 e. The highest BCUT2D eigenvalue weighted by Gasteiger charge is 2.07. The zero-order valence-corrected chi connectivity index (χ0v) is 10.1. The second-order valence-electron chi connectivity index (χ2n) is 3.86. The quantitative estimate of drug-likeness (QED) is 0.619. The van der Waals surface area contributed by atoms with Crippen molar-refractivity contribution in [3.63, 3.8) is 0 Å². The van der Waals surface area contributed by atoms with Gasteiger partial charge in [0.2, 0.25) is 11.8 Å². The smallest absolute Gasteiger partial charge is 0.227 e. The molecule has 0 rings (SSSR count). The van der Waals surface area contributed by atoms with Crippen LogP contribution < -0.4 is 10.6 Å². The van der Waals surface area contributed by atoms with Crippen LogP contribution in [0.1, 0.15) is 40.0 Å². The first-order chi connectivity index (χ1) is 7.45. The lowest BCUT2D eigenvalue weighted by Gasteiger charge is -2.11. The summed E-state index contributed by atoms with van der Waals surface area (Å²) in [5.41, 5.74) is 0. The summed E-state index contributed by atoms with van der Waals surface area (Å²) in [5, 5.41) is 5.30. The zero-order chi connectivity index (χ0) is 12.6. The van der Waals surface area contributed by atoms with E-state index in [2.05, 4.69) is 10.6 Å². The molecule has 1 unspecified atom stereocenters. The molecule has 0 aliphatic rings. The van der Waals surface area contributed by atoms with Crippen molar-refractivity contribution in [2.24, 2.45) is 0 Å². The molecular weight excluding hydrogens is 208 g/mol. The van der Waals surface area contributed by atoms with Gasteiger partial charge in [-0.25, -0.2) is 0 Å². The minimum atomic E-state index is -0.330. The van der Waals surface area contributed by atoms with E-state index in [-0.39, 0.29) is 43.0 Å². The van der Waals surface area contributed by atoms with Crippen LogP contribution in [0.3, 0.4) is 0 Å². The highest BCUT2D eigenvalue weighted by Crippen LogP contribution is 1.89. The predicted octanol–water partition coefficient (Wildman–Crippen LogP) is 0.386. The summed E-state index contributed by atoms with van der Waals surface area (Å²) in [6.07, 6.45) is 1.00. The van der Waals surface area contributed by atoms with Crippen LogP contribution in [-0.2, 0) is 14.4 Å². The molecule has 1 atom stereocenters. The Morgan fingerprint density at radius 3 is 2.31 bits per heavy atom. The first-order valence-electron chi connectivity index (χ1n) is 5.51. The fourth-order valence-corrected chi connectivity index (χ4v) is 1.05. The number of Topliss-reactive ketones (excluding diaryl/α,β-unsaturated/α-hetero) is 1. The molecule has 92 valence electrons. The van der Waals surface area contributed by atoms with Gasteiger partial charge in [-0.05, 0) is 20.3 Å². The Kier molecular flexibility index (Phi) is 7.16. The van der Waals surface area contributed by atoms with Gasteiger partial charge in [0.15, 0.2) is 0 Å². The van der Waals surface area contributed by atoms with E-state index in [0.717, 1.165) is 6.42 Å². The lowest BCUT2D eigenvalue weighted by molar-refractivity contribution is -0.127. The summed E-state index contributed by atoms with van der Waals surface area (Å²) in [6, 6.07) is 0.153. The molecule has 0 spiro atoms. The summed E-state index contributed by atoms with van der Waals surface area (Å²) in [5.74, 6) is -0.595. The monoisotopic (exact) mass is 228 g/mol. The van der Waals surface area contributed by atoms with Gasteiger partial charge in [-0.2, -0.15) is 0 Å². The molecule has 0 aliphatic carbocycles. The standard InChI is InChI=1S/C11H20N2O3/c1-4-8(2)13-10(15)5-6-12-11(16)7-9(3)14/h8H,4-7H2,1-3H3,(H,12,16)(H,13,15). The van der Waals surface area contributed by atoms with Crippen LogP contribution in [0.25, 0.3) is 0 Å². The van der Waals surface area contributed by atoms with E-state index in [1.165, 1.54) is 6.92 Å². The summed E-state index contributed by atoms with van der Waals surface area (Å²) < 4.78 is 0. The Bertz CT molecular complexity index is 264. The molecule has 0 radical (unpaired) electrons. The van der Waals surface area contributed by atoms with Gasteiger partial charge in [-0.1, -0.05) is 6.92 Å². The van der Waals surface area contributed by atoms with Crippen LogP contribution in [0, 0.1) is 0 Å². The second-order valence-corrected chi connectivity index (χ2v) is 3.86. The third kappa shape index (κ3) is 7.96. The number of amides is 2. The normalized spacial score (nSPS) is 11.7. The Morgan fingerprint density at radius 1 is 1.19 bits per heavy atom. The molecule has 5 nitrogen and oxygen atoms in total. The number of hydrogen-bond donors (Lipinski definition) is 2. The van der Waals surface area contributed by atoms with Crippen LogP contribution in [0.2, 0.25) is 0 Å². The van der Waals surface area contributed by atoms with Gasteiger partial charge in [0, 0.05) is 19.0 Å². The van der Waals surface area contributed by atoms with Gasteiger partial charge < -0.3 is 10.6 Å². The first-order valence-corrected chi connectivity index (χ1v) is 5.51. The maximum atomic E-state index is 11.3. The predicted molar refractivity (Wildman–Crippen MR) is 60.8 cm³/mol. The molecule has 0 aromatic carbocycles. The van der Waals surface area contributed by atoms with Gasteiger partial charge in [0.1, 0.15) is 5.78 Å². The summed E-state index contributed by atoms with van der Waals surface area (Å²) >= 11 is 0. The number of hydrogen-bond acceptors (Lipinski definition) is 3. The Labute approximate surface area is 96.0 Å². The van der Waals surface area contributed by atoms with Crippen molar-refractivity contribution in [3.8, 4) is 0 Å². The molecule has 16 heavy (non-hydrogen) atoms. The Balaban J connectivity index is 3.62. The summed E-state index contributed by atoms with van der Waals surface area (Å²) in [4.78, 5) is 32.9. The van der Waals surface area contributed by atoms with E-state index >= 15 is 0 Å². The maximum absolute atomic E-state index is 11.3. The molecule has 5 heteroatoms. The van der Waals surface area contributed by atoms with Gasteiger partial charge in [-0.3, -0.25) is 14.4 Å². The van der Waals surface area contributed by atoms with Crippen LogP contribution >= 0.6 is 0 Å². The van der Waals surface area contributed by atoms with Crippen LogP contribution in [0.4, 0.5) is 0 Å². The lowest BCUT2D eigenvalue weighted by atomic mass is 10.2. The fourth-order valence-electron chi connectivity index (χ4n) is 1.05. The maximum Gasteiger partial charge on any atom is 0.227 e. The fraction of sp³-hybridized carbons (Fsp3) is 0.727. The third-order valence-electron chi connectivity index (χ3n) is 2.10. The number of carbonyl (C=O) groups is 3. The molecule has 2 N–H and O–H groups in total. The third-order valence-corrected chi connectivity index (χ3v) is 2.10. The zero-order valence-electron chi connectivity index (χ0n) is 10.1. The molecule has 0 bridgehead atoms. The number of nitrogens with one attached hydrogen (secondary N) is 2. The largest absolute Gasteiger partial charge is 0.355 e. The van der Waals surface area contributed by atoms with E-state index in [0.29, 0.717) is 0 Å². The topological polar surface area (TPSA) is 75.3 Å². The first kappa shape index (κ1) is 14.6. The van der Waals surface area contributed by atoms with Crippen molar-refractivity contribution in [2.75, 3.05) is 6.54 Å². The van der Waals surface area contributed by atoms with E-state index in [1.54, 1.807) is 0 Å². The summed E-state index contributed by atoms with van der Waals surface area (Å²) in [6.45, 7) is 5.54. The van der Waals surface area contributed by atoms with Crippen molar-refractivity contribution in [2.45, 2.75) is 46.1 Å². The van der Waals surface area contributed by atoms with Crippen molar-refractivity contribution in [3.05, 3.63) is 0 Å². The van der Waals surface area contributed by atoms with E-state index in [1.807, 2.05) is 13.8 Å². The molecule has 0 aliphatic heterocycles. The molecule has 0 saturated carbocycles. The van der Waals surface area contributed by atoms with E-state index < -0.39 is 0 Å². The van der Waals surface area contributed by atoms with Gasteiger partial charge in [0.25, 0.3) is 0 Å². The van der Waals surface area contributed by atoms with Gasteiger partial charge in [-0.15, -0.1) is 0 Å². The number of carbonyl (C=O) groups excluding carboxylic acids is 3. The van der Waals surface area contributed by atoms with E-state index in [4.69, 9.17) is 0 Å². The van der Waals surface area contributed by atoms with Crippen molar-refractivity contribution in [1.29, 1.82) is 0 Å². The molecule has 0 heterocycles. The molecule has 2 amide bonds. The van der Waals surface area contributed by atoms with Crippen LogP contribution in [0.15, 0.2) is 0 Å². The average Bonchev–Trinajstić information content (AvgIpc) is 2.16. The van der Waals surface area contributed by atoms with Crippen molar-refractivity contribution < 1.29 is 14.4 Å². The Hall–Kier alpha value is -1.39. The number of ketones is 1. The average molecular weight is 228 g/mol. The molecule has 0 fully saturated rings. The SMILES string of the molecule is CCC(C)NC(=O)CCNC(=O)CC(C)=O. The van der Waals surface area contributed by atoms with Crippen LogP contribution in [-0.4, -0.2) is 30.2 Å². The highest BCUT2D eigenvalue weighted by molar-refractivity contribution is 5.96. The van der Waals surface area contributed by atoms with Gasteiger partial charge in [0.05, 0.1) is 6.42 Å². The Morgan fingerprint density at radius 2 is 1.81 bits per heavy atom. The van der Waals surface area contributed by atoms with Crippen LogP contribution in [0.5, 0.6) is 0 Å². The molecule has 0 aromatic heterocycles. The summed E-state index contributed by atoms with van der Waals surface area (Å²) in [7, 11) is 0. The van der Waals surface area contributed by atoms with Crippen molar-refractivity contribution >= 4 is 17.6 Å². The second kappa shape index (κ2) is 7.84. The molecule has 0 saturated heterocycles. The highest BCUT2D eigenvalue weighted by atomic mass is 16.2. The number of rotatable bonds is 7. The molecular formula is C11H20N2O3. The molecule has 0 aromatic rings.